The molecule has 4 nitrogen and oxygen atoms in total. The summed E-state index contributed by atoms with van der Waals surface area (Å²) in [7, 11) is 1.68. The van der Waals surface area contributed by atoms with Gasteiger partial charge in [-0.25, -0.2) is 0 Å². The van der Waals surface area contributed by atoms with Gasteiger partial charge in [-0.3, -0.25) is 0 Å². The van der Waals surface area contributed by atoms with Crippen molar-refractivity contribution in [2.75, 3.05) is 32.2 Å². The second-order valence-electron chi connectivity index (χ2n) is 5.74. The number of hydrogen-bond donors (Lipinski definition) is 2. The first-order chi connectivity index (χ1) is 10.1. The van der Waals surface area contributed by atoms with Gasteiger partial charge in [0.1, 0.15) is 0 Å². The van der Waals surface area contributed by atoms with Gasteiger partial charge in [0.05, 0.1) is 19.3 Å². The molecule has 0 spiro atoms. The number of benzene rings is 1. The molecule has 2 N–H and O–H groups in total. The van der Waals surface area contributed by atoms with Crippen molar-refractivity contribution in [2.24, 2.45) is 5.92 Å². The average Bonchev–Trinajstić information content (AvgIpc) is 2.46. The second-order valence-corrected chi connectivity index (χ2v) is 5.74. The summed E-state index contributed by atoms with van der Waals surface area (Å²) >= 11 is 0. The molecule has 1 aromatic carbocycles. The summed E-state index contributed by atoms with van der Waals surface area (Å²) in [6.07, 6.45) is 1.72. The fourth-order valence-electron chi connectivity index (χ4n) is 2.07. The highest BCUT2D eigenvalue weighted by molar-refractivity contribution is 5.50. The van der Waals surface area contributed by atoms with Crippen LogP contribution >= 0.6 is 0 Å². The first-order valence-corrected chi connectivity index (χ1v) is 7.70. The van der Waals surface area contributed by atoms with Crippen LogP contribution in [0.1, 0.15) is 32.3 Å². The summed E-state index contributed by atoms with van der Waals surface area (Å²) in [6, 6.07) is 7.95. The molecule has 1 rings (SSSR count). The summed E-state index contributed by atoms with van der Waals surface area (Å²) < 4.78 is 10.7. The molecule has 4 heteroatoms. The standard InChI is InChI=1S/C17H29NO3/c1-14(2)7-6-10-21-13-16(19)11-18-17-9-5-4-8-15(17)12-20-3/h4-5,8-9,14,16,18-19H,6-7,10-13H2,1-3H3. The van der Waals surface area contributed by atoms with E-state index < -0.39 is 6.10 Å². The van der Waals surface area contributed by atoms with Crippen molar-refractivity contribution in [3.05, 3.63) is 29.8 Å². The Morgan fingerprint density at radius 2 is 2.00 bits per heavy atom. The van der Waals surface area contributed by atoms with Crippen LogP contribution in [-0.2, 0) is 16.1 Å². The molecule has 0 fully saturated rings. The van der Waals surface area contributed by atoms with E-state index in [0.29, 0.717) is 25.7 Å². The van der Waals surface area contributed by atoms with Crippen molar-refractivity contribution in [2.45, 2.75) is 39.4 Å². The Morgan fingerprint density at radius 3 is 2.71 bits per heavy atom. The molecule has 0 saturated carbocycles. The Balaban J connectivity index is 2.22. The third-order valence-electron chi connectivity index (χ3n) is 3.23. The summed E-state index contributed by atoms with van der Waals surface area (Å²) in [5, 5.41) is 13.2. The Kier molecular flexibility index (Phi) is 9.06. The van der Waals surface area contributed by atoms with Crippen molar-refractivity contribution in [1.82, 2.24) is 0 Å². The molecule has 0 aliphatic rings. The SMILES string of the molecule is COCc1ccccc1NCC(O)COCCCC(C)C. The molecule has 0 aromatic heterocycles. The fourth-order valence-corrected chi connectivity index (χ4v) is 2.07. The van der Waals surface area contributed by atoms with E-state index in [2.05, 4.69) is 19.2 Å². The van der Waals surface area contributed by atoms with Crippen LogP contribution in [0.5, 0.6) is 0 Å². The van der Waals surface area contributed by atoms with E-state index in [9.17, 15) is 5.11 Å². The highest BCUT2D eigenvalue weighted by Crippen LogP contribution is 2.15. The number of rotatable bonds is 11. The van der Waals surface area contributed by atoms with E-state index in [1.807, 2.05) is 24.3 Å². The summed E-state index contributed by atoms with van der Waals surface area (Å²) in [4.78, 5) is 0. The maximum absolute atomic E-state index is 9.92. The van der Waals surface area contributed by atoms with Gasteiger partial charge in [0, 0.05) is 31.5 Å². The molecule has 0 bridgehead atoms. The van der Waals surface area contributed by atoms with Gasteiger partial charge in [0.2, 0.25) is 0 Å². The monoisotopic (exact) mass is 295 g/mol. The number of aliphatic hydroxyl groups excluding tert-OH is 1. The van der Waals surface area contributed by atoms with Crippen LogP contribution in [-0.4, -0.2) is 38.1 Å². The van der Waals surface area contributed by atoms with Crippen molar-refractivity contribution in [3.8, 4) is 0 Å². The summed E-state index contributed by atoms with van der Waals surface area (Å²) in [5.41, 5.74) is 2.09. The van der Waals surface area contributed by atoms with Crippen LogP contribution < -0.4 is 5.32 Å². The summed E-state index contributed by atoms with van der Waals surface area (Å²) in [5.74, 6) is 0.706. The van der Waals surface area contributed by atoms with E-state index in [1.54, 1.807) is 7.11 Å². The largest absolute Gasteiger partial charge is 0.389 e. The predicted molar refractivity (Wildman–Crippen MR) is 86.5 cm³/mol. The predicted octanol–water partition coefficient (Wildman–Crippen LogP) is 3.06. The molecule has 120 valence electrons. The molecule has 0 amide bonds. The molecular formula is C17H29NO3. The lowest BCUT2D eigenvalue weighted by molar-refractivity contribution is 0.0409. The molecule has 1 atom stereocenters. The lowest BCUT2D eigenvalue weighted by Gasteiger charge is -2.15. The highest BCUT2D eigenvalue weighted by Gasteiger charge is 2.06. The molecule has 21 heavy (non-hydrogen) atoms. The van der Waals surface area contributed by atoms with Gasteiger partial charge in [-0.05, 0) is 24.8 Å². The van der Waals surface area contributed by atoms with Crippen LogP contribution in [0.3, 0.4) is 0 Å². The van der Waals surface area contributed by atoms with E-state index in [1.165, 1.54) is 6.42 Å². The molecule has 0 radical (unpaired) electrons. The lowest BCUT2D eigenvalue weighted by atomic mass is 10.1. The normalized spacial score (nSPS) is 12.6. The zero-order valence-electron chi connectivity index (χ0n) is 13.5. The molecule has 0 aliphatic carbocycles. The molecule has 0 heterocycles. The Labute approximate surface area is 128 Å². The van der Waals surface area contributed by atoms with Crippen LogP contribution in [0.2, 0.25) is 0 Å². The average molecular weight is 295 g/mol. The Morgan fingerprint density at radius 1 is 1.24 bits per heavy atom. The van der Waals surface area contributed by atoms with Crippen molar-refractivity contribution in [1.29, 1.82) is 0 Å². The molecule has 0 aliphatic heterocycles. The zero-order valence-corrected chi connectivity index (χ0v) is 13.5. The van der Waals surface area contributed by atoms with E-state index in [-0.39, 0.29) is 0 Å². The van der Waals surface area contributed by atoms with Gasteiger partial charge in [0.25, 0.3) is 0 Å². The third-order valence-corrected chi connectivity index (χ3v) is 3.23. The first-order valence-electron chi connectivity index (χ1n) is 7.70. The third kappa shape index (κ3) is 8.05. The maximum Gasteiger partial charge on any atom is 0.0945 e. The van der Waals surface area contributed by atoms with E-state index in [0.717, 1.165) is 24.3 Å². The number of ether oxygens (including phenoxy) is 2. The molecule has 1 aromatic rings. The quantitative estimate of drug-likeness (QED) is 0.616. The van der Waals surface area contributed by atoms with Crippen LogP contribution in [0, 0.1) is 5.92 Å². The highest BCUT2D eigenvalue weighted by atomic mass is 16.5. The minimum Gasteiger partial charge on any atom is -0.389 e. The van der Waals surface area contributed by atoms with Crippen LogP contribution in [0.15, 0.2) is 24.3 Å². The fraction of sp³-hybridized carbons (Fsp3) is 0.647. The van der Waals surface area contributed by atoms with Crippen molar-refractivity contribution in [3.63, 3.8) is 0 Å². The maximum atomic E-state index is 9.92. The summed E-state index contributed by atoms with van der Waals surface area (Å²) in [6.45, 7) is 6.54. The van der Waals surface area contributed by atoms with Gasteiger partial charge < -0.3 is 19.9 Å². The van der Waals surface area contributed by atoms with Gasteiger partial charge >= 0.3 is 0 Å². The van der Waals surface area contributed by atoms with Crippen LogP contribution in [0.4, 0.5) is 5.69 Å². The van der Waals surface area contributed by atoms with Gasteiger partial charge in [-0.1, -0.05) is 32.0 Å². The van der Waals surface area contributed by atoms with E-state index in [4.69, 9.17) is 9.47 Å². The molecule has 1 unspecified atom stereocenters. The lowest BCUT2D eigenvalue weighted by Crippen LogP contribution is -2.25. The van der Waals surface area contributed by atoms with Crippen molar-refractivity contribution < 1.29 is 14.6 Å². The minimum atomic E-state index is -0.500. The van der Waals surface area contributed by atoms with Crippen molar-refractivity contribution >= 4 is 5.69 Å². The Hall–Kier alpha value is -1.10. The van der Waals surface area contributed by atoms with Gasteiger partial charge in [-0.15, -0.1) is 0 Å². The smallest absolute Gasteiger partial charge is 0.0945 e. The first kappa shape index (κ1) is 18.0. The number of hydrogen-bond acceptors (Lipinski definition) is 4. The van der Waals surface area contributed by atoms with E-state index >= 15 is 0 Å². The minimum absolute atomic E-state index is 0.373. The zero-order chi connectivity index (χ0) is 15.5. The van der Waals surface area contributed by atoms with Crippen LogP contribution in [0.25, 0.3) is 0 Å². The molecule has 0 saturated heterocycles. The van der Waals surface area contributed by atoms with Gasteiger partial charge in [0.15, 0.2) is 0 Å². The molecular weight excluding hydrogens is 266 g/mol. The number of nitrogens with one attached hydrogen (secondary N) is 1. The second kappa shape index (κ2) is 10.6. The Bertz CT molecular complexity index is 382. The van der Waals surface area contributed by atoms with Gasteiger partial charge in [-0.2, -0.15) is 0 Å². The topological polar surface area (TPSA) is 50.7 Å². The number of methoxy groups -OCH3 is 1. The number of para-hydroxylation sites is 1. The number of anilines is 1. The number of aliphatic hydroxyl groups is 1.